The summed E-state index contributed by atoms with van der Waals surface area (Å²) in [5.74, 6) is 0.890. The van der Waals surface area contributed by atoms with Crippen LogP contribution in [0.3, 0.4) is 0 Å². The highest BCUT2D eigenvalue weighted by atomic mass is 16.5. The van der Waals surface area contributed by atoms with Gasteiger partial charge in [-0.05, 0) is 31.2 Å². The van der Waals surface area contributed by atoms with Crippen LogP contribution in [-0.4, -0.2) is 22.9 Å². The van der Waals surface area contributed by atoms with Crippen molar-refractivity contribution in [2.24, 2.45) is 7.05 Å². The third kappa shape index (κ3) is 4.10. The van der Waals surface area contributed by atoms with Crippen LogP contribution in [-0.2, 0) is 7.05 Å². The van der Waals surface area contributed by atoms with Crippen molar-refractivity contribution in [3.8, 4) is 5.75 Å². The molecule has 0 aliphatic rings. The van der Waals surface area contributed by atoms with Gasteiger partial charge in [-0.1, -0.05) is 25.1 Å². The number of hydrogen-bond acceptors (Lipinski definition) is 3. The van der Waals surface area contributed by atoms with Gasteiger partial charge < -0.3 is 10.1 Å². The molecule has 1 aromatic carbocycles. The van der Waals surface area contributed by atoms with E-state index in [2.05, 4.69) is 17.3 Å². The van der Waals surface area contributed by atoms with Gasteiger partial charge in [-0.3, -0.25) is 4.68 Å². The van der Waals surface area contributed by atoms with Crippen LogP contribution >= 0.6 is 0 Å². The fourth-order valence-corrected chi connectivity index (χ4v) is 1.88. The van der Waals surface area contributed by atoms with Crippen LogP contribution in [0, 0.1) is 0 Å². The third-order valence-electron chi connectivity index (χ3n) is 2.89. The fraction of sp³-hybridized carbons (Fsp3) is 0.400. The lowest BCUT2D eigenvalue weighted by Gasteiger charge is -2.17. The van der Waals surface area contributed by atoms with Gasteiger partial charge in [0.15, 0.2) is 0 Å². The lowest BCUT2D eigenvalue weighted by atomic mass is 10.2. The molecule has 1 aromatic heterocycles. The minimum atomic E-state index is 0.126. The number of aromatic nitrogens is 2. The first kappa shape index (κ1) is 13.6. The van der Waals surface area contributed by atoms with Gasteiger partial charge in [0.1, 0.15) is 12.4 Å². The van der Waals surface area contributed by atoms with Crippen LogP contribution in [0.2, 0.25) is 0 Å². The molecule has 4 nitrogen and oxygen atoms in total. The fourth-order valence-electron chi connectivity index (χ4n) is 1.88. The summed E-state index contributed by atoms with van der Waals surface area (Å²) in [6, 6.07) is 12.0. The summed E-state index contributed by atoms with van der Waals surface area (Å²) in [5.41, 5.74) is 1.02. The van der Waals surface area contributed by atoms with Gasteiger partial charge in [0.05, 0.1) is 11.7 Å². The first-order valence-electron chi connectivity index (χ1n) is 6.70. The number of aryl methyl sites for hydroxylation is 1. The molecule has 0 spiro atoms. The van der Waals surface area contributed by atoms with Crippen molar-refractivity contribution >= 4 is 0 Å². The number of rotatable bonds is 7. The Morgan fingerprint density at radius 3 is 2.68 bits per heavy atom. The number of nitrogens with one attached hydrogen (secondary N) is 1. The average molecular weight is 259 g/mol. The number of hydrogen-bond donors (Lipinski definition) is 1. The third-order valence-corrected chi connectivity index (χ3v) is 2.89. The van der Waals surface area contributed by atoms with Crippen molar-refractivity contribution in [1.82, 2.24) is 15.1 Å². The zero-order chi connectivity index (χ0) is 13.5. The topological polar surface area (TPSA) is 39.1 Å². The van der Waals surface area contributed by atoms with E-state index in [0.717, 1.165) is 24.4 Å². The Morgan fingerprint density at radius 2 is 2.05 bits per heavy atom. The van der Waals surface area contributed by atoms with Gasteiger partial charge in [0.25, 0.3) is 0 Å². The van der Waals surface area contributed by atoms with Crippen molar-refractivity contribution in [1.29, 1.82) is 0 Å². The predicted molar refractivity (Wildman–Crippen MR) is 76.2 cm³/mol. The summed E-state index contributed by atoms with van der Waals surface area (Å²) in [5, 5.41) is 7.92. The Kier molecular flexibility index (Phi) is 4.98. The van der Waals surface area contributed by atoms with Crippen LogP contribution in [0.15, 0.2) is 42.6 Å². The standard InChI is InChI=1S/C15H21N3O/c1-3-10-16-15(14-9-11-18(2)17-14)12-19-13-7-5-4-6-8-13/h4-9,11,15-16H,3,10,12H2,1-2H3. The summed E-state index contributed by atoms with van der Waals surface area (Å²) in [6.07, 6.45) is 3.05. The second-order valence-corrected chi connectivity index (χ2v) is 4.55. The van der Waals surface area contributed by atoms with Gasteiger partial charge in [0, 0.05) is 13.2 Å². The maximum Gasteiger partial charge on any atom is 0.119 e. The highest BCUT2D eigenvalue weighted by Crippen LogP contribution is 2.14. The molecule has 2 rings (SSSR count). The van der Waals surface area contributed by atoms with Crippen LogP contribution in [0.4, 0.5) is 0 Å². The molecule has 0 saturated heterocycles. The number of nitrogens with zero attached hydrogens (tertiary/aromatic N) is 2. The zero-order valence-electron chi connectivity index (χ0n) is 11.5. The van der Waals surface area contributed by atoms with Crippen molar-refractivity contribution in [3.63, 3.8) is 0 Å². The van der Waals surface area contributed by atoms with E-state index in [1.165, 1.54) is 0 Å². The average Bonchev–Trinajstić information content (AvgIpc) is 2.86. The summed E-state index contributed by atoms with van der Waals surface area (Å²) < 4.78 is 7.64. The molecule has 1 heterocycles. The Labute approximate surface area is 114 Å². The van der Waals surface area contributed by atoms with E-state index in [1.807, 2.05) is 54.3 Å². The van der Waals surface area contributed by atoms with E-state index in [4.69, 9.17) is 4.74 Å². The highest BCUT2D eigenvalue weighted by molar-refractivity contribution is 5.21. The second kappa shape index (κ2) is 6.95. The molecule has 0 aliphatic carbocycles. The zero-order valence-corrected chi connectivity index (χ0v) is 11.5. The van der Waals surface area contributed by atoms with E-state index >= 15 is 0 Å². The first-order valence-corrected chi connectivity index (χ1v) is 6.70. The normalized spacial score (nSPS) is 12.3. The number of benzene rings is 1. The monoisotopic (exact) mass is 259 g/mol. The number of para-hydroxylation sites is 1. The molecule has 0 bridgehead atoms. The molecule has 0 aliphatic heterocycles. The highest BCUT2D eigenvalue weighted by Gasteiger charge is 2.14. The molecular weight excluding hydrogens is 238 g/mol. The molecule has 1 atom stereocenters. The Bertz CT molecular complexity index is 481. The summed E-state index contributed by atoms with van der Waals surface area (Å²) in [7, 11) is 1.93. The van der Waals surface area contributed by atoms with Crippen molar-refractivity contribution in [3.05, 3.63) is 48.3 Å². The van der Waals surface area contributed by atoms with Gasteiger partial charge >= 0.3 is 0 Å². The van der Waals surface area contributed by atoms with Crippen LogP contribution < -0.4 is 10.1 Å². The SMILES string of the molecule is CCCNC(COc1ccccc1)c1ccn(C)n1. The van der Waals surface area contributed by atoms with E-state index in [-0.39, 0.29) is 6.04 Å². The molecule has 19 heavy (non-hydrogen) atoms. The molecule has 0 radical (unpaired) electrons. The molecular formula is C15H21N3O. The quantitative estimate of drug-likeness (QED) is 0.830. The molecule has 1 unspecified atom stereocenters. The smallest absolute Gasteiger partial charge is 0.119 e. The van der Waals surface area contributed by atoms with E-state index in [1.54, 1.807) is 0 Å². The largest absolute Gasteiger partial charge is 0.492 e. The van der Waals surface area contributed by atoms with Crippen LogP contribution in [0.25, 0.3) is 0 Å². The predicted octanol–water partition coefficient (Wildman–Crippen LogP) is 2.54. The van der Waals surface area contributed by atoms with Crippen molar-refractivity contribution in [2.45, 2.75) is 19.4 Å². The lowest BCUT2D eigenvalue weighted by molar-refractivity contribution is 0.263. The lowest BCUT2D eigenvalue weighted by Crippen LogP contribution is -2.28. The van der Waals surface area contributed by atoms with E-state index in [0.29, 0.717) is 6.61 Å². The van der Waals surface area contributed by atoms with Gasteiger partial charge in [-0.25, -0.2) is 0 Å². The van der Waals surface area contributed by atoms with E-state index in [9.17, 15) is 0 Å². The minimum absolute atomic E-state index is 0.126. The summed E-state index contributed by atoms with van der Waals surface area (Å²) >= 11 is 0. The van der Waals surface area contributed by atoms with E-state index < -0.39 is 0 Å². The molecule has 2 aromatic rings. The number of ether oxygens (including phenoxy) is 1. The molecule has 1 N–H and O–H groups in total. The molecule has 0 amide bonds. The van der Waals surface area contributed by atoms with Gasteiger partial charge in [0.2, 0.25) is 0 Å². The van der Waals surface area contributed by atoms with Gasteiger partial charge in [-0.15, -0.1) is 0 Å². The Balaban J connectivity index is 1.98. The maximum atomic E-state index is 5.82. The molecule has 102 valence electrons. The van der Waals surface area contributed by atoms with Crippen molar-refractivity contribution in [2.75, 3.05) is 13.2 Å². The van der Waals surface area contributed by atoms with Crippen molar-refractivity contribution < 1.29 is 4.74 Å². The minimum Gasteiger partial charge on any atom is -0.492 e. The van der Waals surface area contributed by atoms with Gasteiger partial charge in [-0.2, -0.15) is 5.10 Å². The molecule has 4 heteroatoms. The molecule has 0 fully saturated rings. The Hall–Kier alpha value is -1.81. The Morgan fingerprint density at radius 1 is 1.26 bits per heavy atom. The maximum absolute atomic E-state index is 5.82. The first-order chi connectivity index (χ1) is 9.29. The second-order valence-electron chi connectivity index (χ2n) is 4.55. The molecule has 0 saturated carbocycles. The summed E-state index contributed by atoms with van der Waals surface area (Å²) in [4.78, 5) is 0. The summed E-state index contributed by atoms with van der Waals surface area (Å²) in [6.45, 7) is 3.70. The van der Waals surface area contributed by atoms with Crippen LogP contribution in [0.1, 0.15) is 25.1 Å². The van der Waals surface area contributed by atoms with Crippen LogP contribution in [0.5, 0.6) is 5.75 Å².